The molecule has 0 radical (unpaired) electrons. The summed E-state index contributed by atoms with van der Waals surface area (Å²) in [6, 6.07) is 10.2. The van der Waals surface area contributed by atoms with Gasteiger partial charge in [0.15, 0.2) is 5.82 Å². The summed E-state index contributed by atoms with van der Waals surface area (Å²) in [6.45, 7) is 1.13. The number of hydrogen-bond donors (Lipinski definition) is 0. The second kappa shape index (κ2) is 6.08. The van der Waals surface area contributed by atoms with Crippen LogP contribution in [-0.4, -0.2) is 34.0 Å². The fourth-order valence-corrected chi connectivity index (χ4v) is 2.56. The quantitative estimate of drug-likeness (QED) is 0.866. The summed E-state index contributed by atoms with van der Waals surface area (Å²) in [7, 11) is 1.85. The van der Waals surface area contributed by atoms with E-state index < -0.39 is 6.17 Å². The van der Waals surface area contributed by atoms with E-state index in [-0.39, 0.29) is 0 Å². The smallest absolute Gasteiger partial charge is 0.224 e. The molecule has 0 amide bonds. The molecular weight excluding hydrogens is 267 g/mol. The number of hydrogen-bond acceptors (Lipinski definition) is 3. The number of allylic oxidation sites excluding steroid dienone is 1. The Hall–Kier alpha value is -2.17. The second-order valence-electron chi connectivity index (χ2n) is 5.32. The molecule has 0 N–H and O–H groups in total. The number of halogens is 1. The van der Waals surface area contributed by atoms with E-state index in [9.17, 15) is 4.39 Å². The minimum atomic E-state index is -0.751. The van der Waals surface area contributed by atoms with Crippen LogP contribution in [0.3, 0.4) is 0 Å². The fourth-order valence-electron chi connectivity index (χ4n) is 2.56. The Morgan fingerprint density at radius 2 is 2.14 bits per heavy atom. The van der Waals surface area contributed by atoms with Crippen molar-refractivity contribution >= 4 is 12.0 Å². The van der Waals surface area contributed by atoms with Gasteiger partial charge in [-0.3, -0.25) is 0 Å². The predicted molar refractivity (Wildman–Crippen MR) is 81.9 cm³/mol. The number of aryl methyl sites for hydroxylation is 1. The van der Waals surface area contributed by atoms with Gasteiger partial charge in [-0.15, -0.1) is 0 Å². The highest BCUT2D eigenvalue weighted by molar-refractivity contribution is 5.45. The zero-order valence-electron chi connectivity index (χ0n) is 12.1. The van der Waals surface area contributed by atoms with Gasteiger partial charge in [0, 0.05) is 13.6 Å². The molecule has 1 aliphatic rings. The van der Waals surface area contributed by atoms with E-state index in [1.54, 1.807) is 4.68 Å². The van der Waals surface area contributed by atoms with Crippen LogP contribution in [0.5, 0.6) is 0 Å². The van der Waals surface area contributed by atoms with Gasteiger partial charge >= 0.3 is 0 Å². The molecule has 0 saturated carbocycles. The highest BCUT2D eigenvalue weighted by atomic mass is 19.1. The maximum absolute atomic E-state index is 13.3. The fraction of sp³-hybridized carbons (Fsp3) is 0.375. The Kier molecular flexibility index (Phi) is 3.99. The average Bonchev–Trinajstić information content (AvgIpc) is 3.06. The van der Waals surface area contributed by atoms with Crippen LogP contribution in [0.15, 0.2) is 36.4 Å². The van der Waals surface area contributed by atoms with E-state index in [2.05, 4.69) is 28.3 Å². The van der Waals surface area contributed by atoms with Crippen molar-refractivity contribution in [2.75, 3.05) is 18.0 Å². The van der Waals surface area contributed by atoms with Gasteiger partial charge in [0.05, 0.1) is 6.54 Å². The number of nitrogens with zero attached hydrogens (tertiary/aromatic N) is 4. The van der Waals surface area contributed by atoms with Crippen LogP contribution >= 0.6 is 0 Å². The van der Waals surface area contributed by atoms with Crippen LogP contribution in [0.25, 0.3) is 6.08 Å². The highest BCUT2D eigenvalue weighted by Gasteiger charge is 2.25. The van der Waals surface area contributed by atoms with Crippen molar-refractivity contribution in [1.82, 2.24) is 14.8 Å². The molecule has 5 heteroatoms. The highest BCUT2D eigenvalue weighted by Crippen LogP contribution is 2.19. The number of rotatable bonds is 4. The summed E-state index contributed by atoms with van der Waals surface area (Å²) < 4.78 is 15.0. The van der Waals surface area contributed by atoms with E-state index in [1.807, 2.05) is 36.2 Å². The molecule has 2 heterocycles. The first-order chi connectivity index (χ1) is 10.2. The van der Waals surface area contributed by atoms with Crippen molar-refractivity contribution in [3.63, 3.8) is 0 Å². The summed E-state index contributed by atoms with van der Waals surface area (Å²) in [4.78, 5) is 6.43. The third kappa shape index (κ3) is 3.29. The van der Waals surface area contributed by atoms with E-state index in [0.29, 0.717) is 25.3 Å². The van der Waals surface area contributed by atoms with E-state index in [0.717, 1.165) is 12.4 Å². The summed E-state index contributed by atoms with van der Waals surface area (Å²) in [5.41, 5.74) is 1.25. The molecule has 4 nitrogen and oxygen atoms in total. The van der Waals surface area contributed by atoms with Crippen LogP contribution in [0.4, 0.5) is 10.3 Å². The maximum Gasteiger partial charge on any atom is 0.224 e. The standard InChI is InChI=1S/C16H19FN4/c1-20-16(21-11-10-14(17)12-21)18-15(19-20)9-5-8-13-6-3-2-4-7-13/h2-7,9,14H,8,10-12H2,1H3/b9-5+/t14-/m0/s1. The lowest BCUT2D eigenvalue weighted by Gasteiger charge is -2.14. The molecule has 2 aromatic rings. The molecule has 0 bridgehead atoms. The summed E-state index contributed by atoms with van der Waals surface area (Å²) in [5, 5.41) is 4.37. The molecule has 1 aromatic heterocycles. The largest absolute Gasteiger partial charge is 0.338 e. The maximum atomic E-state index is 13.3. The van der Waals surface area contributed by atoms with Gasteiger partial charge in [-0.2, -0.15) is 10.1 Å². The van der Waals surface area contributed by atoms with Crippen LogP contribution in [0.2, 0.25) is 0 Å². The summed E-state index contributed by atoms with van der Waals surface area (Å²) >= 11 is 0. The lowest BCUT2D eigenvalue weighted by molar-refractivity contribution is 0.364. The first-order valence-corrected chi connectivity index (χ1v) is 7.23. The lowest BCUT2D eigenvalue weighted by atomic mass is 10.1. The third-order valence-corrected chi connectivity index (χ3v) is 3.63. The normalized spacial score (nSPS) is 18.8. The van der Waals surface area contributed by atoms with Crippen molar-refractivity contribution in [2.45, 2.75) is 19.0 Å². The first kappa shape index (κ1) is 13.8. The van der Waals surface area contributed by atoms with Crippen LogP contribution < -0.4 is 4.90 Å². The molecule has 1 atom stereocenters. The molecule has 1 aromatic carbocycles. The van der Waals surface area contributed by atoms with Crippen LogP contribution in [0.1, 0.15) is 17.8 Å². The zero-order valence-corrected chi connectivity index (χ0v) is 12.1. The zero-order chi connectivity index (χ0) is 14.7. The van der Waals surface area contributed by atoms with Crippen LogP contribution in [-0.2, 0) is 13.5 Å². The van der Waals surface area contributed by atoms with E-state index in [1.165, 1.54) is 5.56 Å². The van der Waals surface area contributed by atoms with Gasteiger partial charge in [0.1, 0.15) is 6.17 Å². The molecule has 3 rings (SSSR count). The Bertz CT molecular complexity index is 620. The molecule has 1 fully saturated rings. The number of aromatic nitrogens is 3. The Morgan fingerprint density at radius 3 is 2.86 bits per heavy atom. The Labute approximate surface area is 123 Å². The number of benzene rings is 1. The first-order valence-electron chi connectivity index (χ1n) is 7.23. The monoisotopic (exact) mass is 286 g/mol. The van der Waals surface area contributed by atoms with Gasteiger partial charge in [-0.1, -0.05) is 36.4 Å². The van der Waals surface area contributed by atoms with Gasteiger partial charge < -0.3 is 4.90 Å². The minimum absolute atomic E-state index is 0.416. The van der Waals surface area contributed by atoms with Crippen molar-refractivity contribution < 1.29 is 4.39 Å². The Balaban J connectivity index is 1.66. The SMILES string of the molecule is Cn1nc(/C=C/Cc2ccccc2)nc1N1CC[C@H](F)C1. The van der Waals surface area contributed by atoms with Gasteiger partial charge in [0.25, 0.3) is 0 Å². The number of alkyl halides is 1. The van der Waals surface area contributed by atoms with Crippen molar-refractivity contribution in [3.8, 4) is 0 Å². The second-order valence-corrected chi connectivity index (χ2v) is 5.32. The van der Waals surface area contributed by atoms with E-state index >= 15 is 0 Å². The summed E-state index contributed by atoms with van der Waals surface area (Å²) in [6.07, 6.45) is 4.64. The molecule has 1 saturated heterocycles. The molecular formula is C16H19FN4. The van der Waals surface area contributed by atoms with Gasteiger partial charge in [-0.25, -0.2) is 9.07 Å². The molecule has 0 unspecified atom stereocenters. The topological polar surface area (TPSA) is 34.0 Å². The van der Waals surface area contributed by atoms with E-state index in [4.69, 9.17) is 0 Å². The minimum Gasteiger partial charge on any atom is -0.338 e. The molecule has 110 valence electrons. The predicted octanol–water partition coefficient (Wildman–Crippen LogP) is 2.62. The van der Waals surface area contributed by atoms with Gasteiger partial charge in [0.2, 0.25) is 5.95 Å². The number of anilines is 1. The molecule has 21 heavy (non-hydrogen) atoms. The Morgan fingerprint density at radius 1 is 1.33 bits per heavy atom. The molecule has 1 aliphatic heterocycles. The van der Waals surface area contributed by atoms with Crippen molar-refractivity contribution in [2.24, 2.45) is 7.05 Å². The lowest BCUT2D eigenvalue weighted by Crippen LogP contribution is -2.23. The van der Waals surface area contributed by atoms with Crippen molar-refractivity contribution in [1.29, 1.82) is 0 Å². The summed E-state index contributed by atoms with van der Waals surface area (Å²) in [5.74, 6) is 1.42. The van der Waals surface area contributed by atoms with Gasteiger partial charge in [-0.05, 0) is 24.5 Å². The average molecular weight is 286 g/mol. The van der Waals surface area contributed by atoms with Crippen LogP contribution in [0, 0.1) is 0 Å². The molecule has 0 aliphatic carbocycles. The third-order valence-electron chi connectivity index (χ3n) is 3.63. The van der Waals surface area contributed by atoms with Crippen molar-refractivity contribution in [3.05, 3.63) is 47.8 Å². The molecule has 0 spiro atoms.